The van der Waals surface area contributed by atoms with Crippen LogP contribution in [0.4, 0.5) is 8.78 Å². The molecule has 3 aliphatic heterocycles. The maximum atomic E-state index is 15.0. The van der Waals surface area contributed by atoms with Gasteiger partial charge in [-0.05, 0) is 39.6 Å². The van der Waals surface area contributed by atoms with E-state index in [-0.39, 0.29) is 0 Å². The van der Waals surface area contributed by atoms with E-state index in [9.17, 15) is 36.2 Å². The van der Waals surface area contributed by atoms with Gasteiger partial charge in [-0.25, -0.2) is 8.78 Å². The van der Waals surface area contributed by atoms with Crippen molar-refractivity contribution in [2.24, 2.45) is 30.7 Å². The van der Waals surface area contributed by atoms with Gasteiger partial charge in [0.15, 0.2) is 18.9 Å². The first-order chi connectivity index (χ1) is 26.3. The number of alkyl halides is 2. The SMILES string of the molecule is [N-]=[N+]=NC[C@@H]1O[C@H](O[C@H]2[C@@H](O)[C@H](O[C@@H]3[C@@H](O)[C@H](N=[N+]=[N-])C[C@H](N=[N+]=[N-])[C@H]3O[C@H]3O[C@H](CN=[N+]=[N-])C(F)(F)[C@H](O)[C@H]3N=[N+]=[N-])O[C@@H]2CO)[C@H](N=[N+]=[N-])[C@@H](O)[C@@H]1O. The van der Waals surface area contributed by atoms with Crippen LogP contribution in [0.3, 0.4) is 0 Å². The second kappa shape index (κ2) is 19.2. The standard InChI is InChI=1S/C23H32F2N18O12/c24-23(25)9(3-33-39-27)52-21(11(19(23)49)37-43-31)53-16-6(35-41-29)1-5(34-40-28)12(45)18(16)55-22-15(48)17(8(4-44)51-22)54-20-10(36-42-30)14(47)13(46)7(50-20)2-32-38-26/h5-22,44-49H,1-4H2/t5-,6+,7+,8-,9-,10-,11-,12+,13-,14-,15-,16-,17-,18-,19-,20-,21-,22+/m1/s1. The molecule has 0 spiro atoms. The molecule has 0 aromatic carbocycles. The normalized spacial score (nSPS) is 42.1. The summed E-state index contributed by atoms with van der Waals surface area (Å²) in [5.41, 5.74) is 54.0. The Kier molecular flexibility index (Phi) is 15.0. The maximum absolute atomic E-state index is 15.0. The number of nitrogens with zero attached hydrogens (tertiary/aromatic N) is 18. The molecular formula is C23H32F2N18O12. The fourth-order valence-corrected chi connectivity index (χ4v) is 6.38. The Morgan fingerprint density at radius 3 is 1.75 bits per heavy atom. The minimum Gasteiger partial charge on any atom is -0.394 e. The number of rotatable bonds is 15. The van der Waals surface area contributed by atoms with E-state index in [1.807, 2.05) is 0 Å². The summed E-state index contributed by atoms with van der Waals surface area (Å²) in [5.74, 6) is -4.18. The molecule has 3 heterocycles. The second-order valence-corrected chi connectivity index (χ2v) is 12.1. The van der Waals surface area contributed by atoms with E-state index >= 15 is 8.78 Å². The summed E-state index contributed by atoms with van der Waals surface area (Å²) >= 11 is 0. The van der Waals surface area contributed by atoms with Crippen molar-refractivity contribution >= 4 is 0 Å². The van der Waals surface area contributed by atoms with Crippen LogP contribution < -0.4 is 0 Å². The minimum absolute atomic E-state index is 0.482. The van der Waals surface area contributed by atoms with Crippen LogP contribution >= 0.6 is 0 Å². The average Bonchev–Trinajstić information content (AvgIpc) is 3.46. The van der Waals surface area contributed by atoms with Gasteiger partial charge in [-0.1, -0.05) is 30.7 Å². The summed E-state index contributed by atoms with van der Waals surface area (Å²) < 4.78 is 64.0. The Morgan fingerprint density at radius 2 is 1.13 bits per heavy atom. The van der Waals surface area contributed by atoms with E-state index in [4.69, 9.17) is 56.1 Å². The highest BCUT2D eigenvalue weighted by Gasteiger charge is 2.60. The fraction of sp³-hybridized carbons (Fsp3) is 1.00. The maximum Gasteiger partial charge on any atom is 0.299 e. The number of halogens is 2. The third-order valence-electron chi connectivity index (χ3n) is 9.06. The number of aliphatic hydroxyl groups excluding tert-OH is 6. The topological polar surface area (TPSA) is 469 Å². The summed E-state index contributed by atoms with van der Waals surface area (Å²) in [6.45, 7) is -2.52. The van der Waals surface area contributed by atoms with Gasteiger partial charge in [0.25, 0.3) is 5.92 Å². The predicted octanol–water partition coefficient (Wildman–Crippen LogP) is 0.489. The van der Waals surface area contributed by atoms with Crippen LogP contribution in [0.1, 0.15) is 6.42 Å². The minimum atomic E-state index is -4.18. The van der Waals surface area contributed by atoms with E-state index in [1.165, 1.54) is 0 Å². The van der Waals surface area contributed by atoms with Crippen molar-refractivity contribution in [2.45, 2.75) is 123 Å². The first-order valence-corrected chi connectivity index (χ1v) is 15.8. The quantitative estimate of drug-likeness (QED) is 0.0750. The lowest BCUT2D eigenvalue weighted by molar-refractivity contribution is -0.333. The highest BCUT2D eigenvalue weighted by molar-refractivity contribution is 5.05. The molecule has 0 radical (unpaired) electrons. The molecule has 3 saturated heterocycles. The molecule has 6 N–H and O–H groups in total. The highest BCUT2D eigenvalue weighted by Crippen LogP contribution is 2.41. The monoisotopic (exact) mass is 790 g/mol. The summed E-state index contributed by atoms with van der Waals surface area (Å²) in [6, 6.07) is -6.91. The predicted molar refractivity (Wildman–Crippen MR) is 167 cm³/mol. The first-order valence-electron chi connectivity index (χ1n) is 15.8. The molecule has 1 saturated carbocycles. The van der Waals surface area contributed by atoms with E-state index in [1.54, 1.807) is 0 Å². The number of ether oxygens (including phenoxy) is 6. The molecule has 1 aliphatic carbocycles. The van der Waals surface area contributed by atoms with Gasteiger partial charge in [0.05, 0.1) is 56.2 Å². The lowest BCUT2D eigenvalue weighted by Gasteiger charge is -2.47. The van der Waals surface area contributed by atoms with Crippen LogP contribution in [-0.4, -0.2) is 166 Å². The molecule has 4 rings (SSSR count). The molecular weight excluding hydrogens is 758 g/mol. The van der Waals surface area contributed by atoms with Gasteiger partial charge in [0.2, 0.25) is 0 Å². The first kappa shape index (κ1) is 43.0. The molecule has 0 aromatic rings. The molecule has 55 heavy (non-hydrogen) atoms. The van der Waals surface area contributed by atoms with Gasteiger partial charge < -0.3 is 59.1 Å². The summed E-state index contributed by atoms with van der Waals surface area (Å²) in [5, 5.41) is 84.2. The largest absolute Gasteiger partial charge is 0.394 e. The van der Waals surface area contributed by atoms with Crippen LogP contribution in [-0.2, 0) is 28.4 Å². The summed E-state index contributed by atoms with van der Waals surface area (Å²) in [6.07, 6.45) is -27.6. The summed E-state index contributed by atoms with van der Waals surface area (Å²) in [7, 11) is 0. The molecule has 18 atom stereocenters. The fourth-order valence-electron chi connectivity index (χ4n) is 6.38. The Morgan fingerprint density at radius 1 is 0.582 bits per heavy atom. The Balaban J connectivity index is 1.68. The molecule has 0 unspecified atom stereocenters. The van der Waals surface area contributed by atoms with Crippen LogP contribution in [0, 0.1) is 0 Å². The Hall–Kier alpha value is -4.76. The van der Waals surface area contributed by atoms with Gasteiger partial charge in [-0.15, -0.1) is 0 Å². The molecule has 4 fully saturated rings. The molecule has 4 aliphatic rings. The smallest absolute Gasteiger partial charge is 0.299 e. The number of azide groups is 6. The van der Waals surface area contributed by atoms with E-state index in [0.29, 0.717) is 0 Å². The van der Waals surface area contributed by atoms with Gasteiger partial charge in [-0.2, -0.15) is 0 Å². The molecule has 30 nitrogen and oxygen atoms in total. The van der Waals surface area contributed by atoms with Crippen LogP contribution in [0.25, 0.3) is 62.7 Å². The third-order valence-corrected chi connectivity index (χ3v) is 9.06. The van der Waals surface area contributed by atoms with Gasteiger partial charge in [0.1, 0.15) is 54.8 Å². The lowest BCUT2D eigenvalue weighted by atomic mass is 9.84. The zero-order chi connectivity index (χ0) is 40.4. The van der Waals surface area contributed by atoms with Gasteiger partial charge >= 0.3 is 0 Å². The number of hydrogen-bond donors (Lipinski definition) is 6. The average molecular weight is 791 g/mol. The van der Waals surface area contributed by atoms with Crippen LogP contribution in [0.2, 0.25) is 0 Å². The van der Waals surface area contributed by atoms with E-state index < -0.39 is 142 Å². The zero-order valence-electron chi connectivity index (χ0n) is 27.7. The van der Waals surface area contributed by atoms with Crippen molar-refractivity contribution < 1.29 is 67.8 Å². The highest BCUT2D eigenvalue weighted by atomic mass is 19.3. The van der Waals surface area contributed by atoms with Crippen molar-refractivity contribution in [3.05, 3.63) is 62.7 Å². The van der Waals surface area contributed by atoms with Crippen LogP contribution in [0.15, 0.2) is 30.7 Å². The van der Waals surface area contributed by atoms with Gasteiger partial charge in [-0.3, -0.25) is 0 Å². The second-order valence-electron chi connectivity index (χ2n) is 12.1. The third kappa shape index (κ3) is 9.21. The number of aliphatic hydroxyl groups is 6. The molecule has 32 heteroatoms. The lowest BCUT2D eigenvalue weighted by Crippen LogP contribution is -2.65. The Bertz CT molecular complexity index is 1650. The van der Waals surface area contributed by atoms with Crippen molar-refractivity contribution in [3.63, 3.8) is 0 Å². The van der Waals surface area contributed by atoms with Crippen LogP contribution in [0.5, 0.6) is 0 Å². The van der Waals surface area contributed by atoms with Crippen molar-refractivity contribution in [3.8, 4) is 0 Å². The van der Waals surface area contributed by atoms with E-state index in [0.717, 1.165) is 0 Å². The van der Waals surface area contributed by atoms with Crippen molar-refractivity contribution in [1.29, 1.82) is 0 Å². The molecule has 300 valence electrons. The van der Waals surface area contributed by atoms with E-state index in [2.05, 4.69) is 60.2 Å². The van der Waals surface area contributed by atoms with Gasteiger partial charge in [0, 0.05) is 29.5 Å². The zero-order valence-corrected chi connectivity index (χ0v) is 27.7. The van der Waals surface area contributed by atoms with Crippen molar-refractivity contribution in [2.75, 3.05) is 19.7 Å². The molecule has 0 bridgehead atoms. The Labute approximate surface area is 303 Å². The number of hydrogen-bond acceptors (Lipinski definition) is 18. The molecule has 0 aromatic heterocycles. The summed E-state index contributed by atoms with van der Waals surface area (Å²) in [4.78, 5) is 15.3. The van der Waals surface area contributed by atoms with Crippen molar-refractivity contribution in [1.82, 2.24) is 0 Å². The molecule has 0 amide bonds.